The van der Waals surface area contributed by atoms with Crippen molar-refractivity contribution in [3.63, 3.8) is 0 Å². The van der Waals surface area contributed by atoms with Gasteiger partial charge in [-0.25, -0.2) is 0 Å². The number of rotatable bonds is 3. The summed E-state index contributed by atoms with van der Waals surface area (Å²) in [6.07, 6.45) is 0.211. The first-order valence-electron chi connectivity index (χ1n) is 3.01. The molecule has 10 heavy (non-hydrogen) atoms. The first-order chi connectivity index (χ1) is 4.54. The van der Waals surface area contributed by atoms with E-state index < -0.39 is 11.9 Å². The van der Waals surface area contributed by atoms with Gasteiger partial charge in [-0.1, -0.05) is 6.92 Å². The summed E-state index contributed by atoms with van der Waals surface area (Å²) in [6.45, 7) is 2.85. The van der Waals surface area contributed by atoms with Gasteiger partial charge in [0.05, 0.1) is 0 Å². The Kier molecular flexibility index (Phi) is 3.32. The third kappa shape index (κ3) is 2.80. The number of hydrogen-bond acceptors (Lipinski definition) is 4. The molecule has 0 aliphatic carbocycles. The molecule has 0 aliphatic rings. The Hall–Kier alpha value is -0.610. The second kappa shape index (κ2) is 3.53. The lowest BCUT2D eigenvalue weighted by Gasteiger charge is -2.22. The standard InChI is InChI=1S/C6H12O4/c1-4-6(8,9-3)10-5(2)7/h8H,4H2,1-3H3. The number of carbonyl (C=O) groups is 1. The summed E-state index contributed by atoms with van der Waals surface area (Å²) in [5.41, 5.74) is 0. The summed E-state index contributed by atoms with van der Waals surface area (Å²) in [6, 6.07) is 0. The fraction of sp³-hybridized carbons (Fsp3) is 0.833. The van der Waals surface area contributed by atoms with Crippen molar-refractivity contribution >= 4 is 5.97 Å². The number of hydrogen-bond donors (Lipinski definition) is 1. The molecule has 1 N–H and O–H groups in total. The van der Waals surface area contributed by atoms with Crippen LogP contribution in [0.3, 0.4) is 0 Å². The second-order valence-corrected chi connectivity index (χ2v) is 1.86. The molecular formula is C6H12O4. The van der Waals surface area contributed by atoms with Gasteiger partial charge in [0.15, 0.2) is 0 Å². The zero-order valence-electron chi connectivity index (χ0n) is 6.38. The maximum absolute atomic E-state index is 10.3. The number of methoxy groups -OCH3 is 1. The van der Waals surface area contributed by atoms with E-state index in [1.807, 2.05) is 0 Å². The van der Waals surface area contributed by atoms with Crippen molar-refractivity contribution in [2.45, 2.75) is 26.2 Å². The van der Waals surface area contributed by atoms with E-state index in [1.54, 1.807) is 6.92 Å². The molecule has 0 aromatic rings. The van der Waals surface area contributed by atoms with Gasteiger partial charge in [0.25, 0.3) is 0 Å². The predicted octanol–water partition coefficient (Wildman–Crippen LogP) is 0.252. The maximum atomic E-state index is 10.3. The lowest BCUT2D eigenvalue weighted by molar-refractivity contribution is -0.331. The van der Waals surface area contributed by atoms with Crippen molar-refractivity contribution in [3.8, 4) is 0 Å². The van der Waals surface area contributed by atoms with Gasteiger partial charge >= 0.3 is 11.9 Å². The summed E-state index contributed by atoms with van der Waals surface area (Å²) < 4.78 is 8.94. The molecule has 0 aliphatic heterocycles. The maximum Gasteiger partial charge on any atom is 0.326 e. The van der Waals surface area contributed by atoms with E-state index in [4.69, 9.17) is 5.11 Å². The molecule has 0 rings (SSSR count). The summed E-state index contributed by atoms with van der Waals surface area (Å²) in [5, 5.41) is 9.13. The molecule has 4 heteroatoms. The van der Waals surface area contributed by atoms with Crippen molar-refractivity contribution in [3.05, 3.63) is 0 Å². The van der Waals surface area contributed by atoms with Crippen molar-refractivity contribution in [2.75, 3.05) is 7.11 Å². The molecular weight excluding hydrogens is 136 g/mol. The molecule has 0 bridgehead atoms. The summed E-state index contributed by atoms with van der Waals surface area (Å²) >= 11 is 0. The van der Waals surface area contributed by atoms with Gasteiger partial charge in [-0.15, -0.1) is 0 Å². The Morgan fingerprint density at radius 1 is 1.70 bits per heavy atom. The van der Waals surface area contributed by atoms with Crippen LogP contribution in [-0.4, -0.2) is 24.2 Å². The Morgan fingerprint density at radius 2 is 2.20 bits per heavy atom. The molecule has 60 valence electrons. The predicted molar refractivity (Wildman–Crippen MR) is 34.0 cm³/mol. The van der Waals surface area contributed by atoms with Crippen LogP contribution in [0.1, 0.15) is 20.3 Å². The van der Waals surface area contributed by atoms with Crippen LogP contribution in [0, 0.1) is 0 Å². The van der Waals surface area contributed by atoms with E-state index in [9.17, 15) is 4.79 Å². The third-order valence-electron chi connectivity index (χ3n) is 1.07. The first-order valence-corrected chi connectivity index (χ1v) is 3.01. The van der Waals surface area contributed by atoms with Gasteiger partial charge < -0.3 is 14.6 Å². The fourth-order valence-electron chi connectivity index (χ4n) is 0.483. The van der Waals surface area contributed by atoms with Crippen LogP contribution in [0.15, 0.2) is 0 Å². The van der Waals surface area contributed by atoms with Gasteiger partial charge in [0, 0.05) is 20.5 Å². The Balaban J connectivity index is 3.92. The molecule has 0 radical (unpaired) electrons. The lowest BCUT2D eigenvalue weighted by atomic mass is 10.4. The minimum atomic E-state index is -1.74. The molecule has 0 saturated heterocycles. The Bertz CT molecular complexity index is 117. The van der Waals surface area contributed by atoms with E-state index in [-0.39, 0.29) is 6.42 Å². The van der Waals surface area contributed by atoms with Crippen LogP contribution < -0.4 is 0 Å². The molecule has 0 saturated carbocycles. The summed E-state index contributed by atoms with van der Waals surface area (Å²) in [5.74, 6) is -2.31. The fourth-order valence-corrected chi connectivity index (χ4v) is 0.483. The smallest absolute Gasteiger partial charge is 0.326 e. The molecule has 0 fully saturated rings. The van der Waals surface area contributed by atoms with Crippen LogP contribution in [0.2, 0.25) is 0 Å². The first kappa shape index (κ1) is 9.39. The highest BCUT2D eigenvalue weighted by Crippen LogP contribution is 2.11. The zero-order chi connectivity index (χ0) is 8.20. The number of carbonyl (C=O) groups excluding carboxylic acids is 1. The quantitative estimate of drug-likeness (QED) is 0.460. The van der Waals surface area contributed by atoms with E-state index >= 15 is 0 Å². The van der Waals surface area contributed by atoms with Crippen molar-refractivity contribution < 1.29 is 19.4 Å². The Morgan fingerprint density at radius 3 is 2.30 bits per heavy atom. The molecule has 0 heterocycles. The van der Waals surface area contributed by atoms with Gasteiger partial charge in [0.1, 0.15) is 0 Å². The molecule has 0 spiro atoms. The van der Waals surface area contributed by atoms with Crippen LogP contribution in [0.4, 0.5) is 0 Å². The van der Waals surface area contributed by atoms with Crippen molar-refractivity contribution in [1.82, 2.24) is 0 Å². The van der Waals surface area contributed by atoms with Crippen molar-refractivity contribution in [2.24, 2.45) is 0 Å². The van der Waals surface area contributed by atoms with E-state index in [0.717, 1.165) is 0 Å². The molecule has 1 atom stereocenters. The normalized spacial score (nSPS) is 16.0. The van der Waals surface area contributed by atoms with E-state index in [0.29, 0.717) is 0 Å². The van der Waals surface area contributed by atoms with E-state index in [2.05, 4.69) is 9.47 Å². The SMILES string of the molecule is CCC(O)(OC)OC(C)=O. The van der Waals surface area contributed by atoms with Crippen LogP contribution in [-0.2, 0) is 14.3 Å². The van der Waals surface area contributed by atoms with Gasteiger partial charge in [-0.05, 0) is 0 Å². The van der Waals surface area contributed by atoms with Crippen LogP contribution in [0.5, 0.6) is 0 Å². The molecule has 0 aromatic carbocycles. The highest BCUT2D eigenvalue weighted by Gasteiger charge is 2.27. The summed E-state index contributed by atoms with van der Waals surface area (Å²) in [7, 11) is 1.27. The van der Waals surface area contributed by atoms with Gasteiger partial charge in [0.2, 0.25) is 0 Å². The minimum Gasteiger partial charge on any atom is -0.408 e. The third-order valence-corrected chi connectivity index (χ3v) is 1.07. The lowest BCUT2D eigenvalue weighted by Crippen LogP contribution is -2.35. The Labute approximate surface area is 59.7 Å². The van der Waals surface area contributed by atoms with Crippen molar-refractivity contribution in [1.29, 1.82) is 0 Å². The second-order valence-electron chi connectivity index (χ2n) is 1.86. The van der Waals surface area contributed by atoms with Crippen LogP contribution in [0.25, 0.3) is 0 Å². The topological polar surface area (TPSA) is 55.8 Å². The summed E-state index contributed by atoms with van der Waals surface area (Å²) in [4.78, 5) is 10.3. The van der Waals surface area contributed by atoms with E-state index in [1.165, 1.54) is 14.0 Å². The average molecular weight is 148 g/mol. The highest BCUT2D eigenvalue weighted by atomic mass is 16.8. The molecule has 0 aromatic heterocycles. The number of ether oxygens (including phenoxy) is 2. The number of esters is 1. The zero-order valence-corrected chi connectivity index (χ0v) is 6.38. The number of aliphatic hydroxyl groups is 1. The highest BCUT2D eigenvalue weighted by molar-refractivity contribution is 5.66. The van der Waals surface area contributed by atoms with Gasteiger partial charge in [-0.3, -0.25) is 4.79 Å². The molecule has 0 amide bonds. The molecule has 4 nitrogen and oxygen atoms in total. The largest absolute Gasteiger partial charge is 0.408 e. The van der Waals surface area contributed by atoms with Crippen LogP contribution >= 0.6 is 0 Å². The average Bonchev–Trinajstić information content (AvgIpc) is 1.87. The minimum absolute atomic E-state index is 0.211. The monoisotopic (exact) mass is 148 g/mol. The molecule has 1 unspecified atom stereocenters. The van der Waals surface area contributed by atoms with Gasteiger partial charge in [-0.2, -0.15) is 0 Å².